The van der Waals surface area contributed by atoms with Gasteiger partial charge in [-0.15, -0.1) is 0 Å². The first kappa shape index (κ1) is 29.5. The first-order valence-electron chi connectivity index (χ1n) is 13.4. The maximum absolute atomic E-state index is 13.3. The number of fused-ring (bicyclic) bond motifs is 1. The Morgan fingerprint density at radius 2 is 1.95 bits per heavy atom. The van der Waals surface area contributed by atoms with Gasteiger partial charge in [0.05, 0.1) is 5.69 Å². The van der Waals surface area contributed by atoms with Gasteiger partial charge in [-0.25, -0.2) is 4.39 Å². The van der Waals surface area contributed by atoms with E-state index < -0.39 is 11.9 Å². The van der Waals surface area contributed by atoms with Crippen LogP contribution in [0.4, 0.5) is 10.1 Å². The van der Waals surface area contributed by atoms with Crippen molar-refractivity contribution in [2.75, 3.05) is 45.3 Å². The van der Waals surface area contributed by atoms with Gasteiger partial charge in [0.2, 0.25) is 0 Å². The van der Waals surface area contributed by atoms with Gasteiger partial charge in [0.25, 0.3) is 11.8 Å². The number of rotatable bonds is 10. The average molecular weight is 561 g/mol. The Kier molecular flexibility index (Phi) is 10.3. The SMILES string of the molecule is CN(CCCO)CCCC#Cc1ccc2c(c1)N(C)C(=O)C(NC(=O)c1cc(Oc3ccc(F)cc3)ccn1)CO2. The highest BCUT2D eigenvalue weighted by molar-refractivity contribution is 6.03. The second kappa shape index (κ2) is 14.3. The molecule has 0 saturated carbocycles. The number of benzene rings is 2. The predicted molar refractivity (Wildman–Crippen MR) is 153 cm³/mol. The minimum Gasteiger partial charge on any atom is -0.489 e. The van der Waals surface area contributed by atoms with E-state index in [1.54, 1.807) is 25.2 Å². The number of nitrogens with zero attached hydrogens (tertiary/aromatic N) is 3. The monoisotopic (exact) mass is 560 g/mol. The van der Waals surface area contributed by atoms with Crippen molar-refractivity contribution in [3.63, 3.8) is 0 Å². The van der Waals surface area contributed by atoms with Crippen molar-refractivity contribution in [3.8, 4) is 29.1 Å². The number of hydrogen-bond acceptors (Lipinski definition) is 7. The molecule has 1 aromatic heterocycles. The van der Waals surface area contributed by atoms with Crippen LogP contribution >= 0.6 is 0 Å². The molecule has 1 unspecified atom stereocenters. The molecule has 0 aliphatic carbocycles. The molecule has 0 saturated heterocycles. The number of pyridine rings is 1. The molecule has 2 aromatic carbocycles. The lowest BCUT2D eigenvalue weighted by atomic mass is 10.1. The van der Waals surface area contributed by atoms with Gasteiger partial charge in [0.1, 0.15) is 41.4 Å². The molecule has 0 fully saturated rings. The summed E-state index contributed by atoms with van der Waals surface area (Å²) in [5.74, 6) is 6.29. The van der Waals surface area contributed by atoms with Gasteiger partial charge in [-0.1, -0.05) is 11.8 Å². The zero-order chi connectivity index (χ0) is 29.2. The second-order valence-electron chi connectivity index (χ2n) is 9.64. The van der Waals surface area contributed by atoms with Crippen LogP contribution < -0.4 is 19.7 Å². The summed E-state index contributed by atoms with van der Waals surface area (Å²) in [5.41, 5.74) is 1.37. The van der Waals surface area contributed by atoms with Crippen molar-refractivity contribution < 1.29 is 28.6 Å². The third-order valence-electron chi connectivity index (χ3n) is 6.45. The van der Waals surface area contributed by atoms with E-state index in [1.807, 2.05) is 13.1 Å². The zero-order valence-electron chi connectivity index (χ0n) is 23.1. The van der Waals surface area contributed by atoms with E-state index in [9.17, 15) is 14.0 Å². The second-order valence-corrected chi connectivity index (χ2v) is 9.64. The molecule has 2 N–H and O–H groups in total. The molecule has 3 aromatic rings. The van der Waals surface area contributed by atoms with Crippen molar-refractivity contribution in [2.24, 2.45) is 0 Å². The van der Waals surface area contributed by atoms with Gasteiger partial charge in [-0.2, -0.15) is 0 Å². The Bertz CT molecular complexity index is 1420. The summed E-state index contributed by atoms with van der Waals surface area (Å²) in [6.07, 6.45) is 3.82. The van der Waals surface area contributed by atoms with E-state index in [2.05, 4.69) is 27.0 Å². The Morgan fingerprint density at radius 3 is 2.73 bits per heavy atom. The number of likely N-dealkylation sites (N-methyl/N-ethyl adjacent to an activating group) is 1. The molecule has 0 radical (unpaired) electrons. The van der Waals surface area contributed by atoms with E-state index in [0.717, 1.165) is 37.9 Å². The molecule has 0 spiro atoms. The molecular formula is C31H33FN4O5. The van der Waals surface area contributed by atoms with Gasteiger partial charge in [0.15, 0.2) is 0 Å². The van der Waals surface area contributed by atoms with Crippen molar-refractivity contribution in [2.45, 2.75) is 25.3 Å². The topological polar surface area (TPSA) is 104 Å². The van der Waals surface area contributed by atoms with E-state index >= 15 is 0 Å². The summed E-state index contributed by atoms with van der Waals surface area (Å²) in [6, 6.07) is 13.0. The van der Waals surface area contributed by atoms with Gasteiger partial charge < -0.3 is 29.7 Å². The number of unbranched alkanes of at least 4 members (excludes halogenated alkanes) is 1. The Labute approximate surface area is 238 Å². The molecule has 9 nitrogen and oxygen atoms in total. The van der Waals surface area contributed by atoms with Crippen LogP contribution in [0.5, 0.6) is 17.2 Å². The molecule has 1 aliphatic rings. The Morgan fingerprint density at radius 1 is 1.17 bits per heavy atom. The van der Waals surface area contributed by atoms with Crippen molar-refractivity contribution in [1.82, 2.24) is 15.2 Å². The molecular weight excluding hydrogens is 527 g/mol. The molecule has 4 rings (SSSR count). The molecule has 0 bridgehead atoms. The summed E-state index contributed by atoms with van der Waals surface area (Å²) < 4.78 is 24.7. The number of aliphatic hydroxyl groups is 1. The highest BCUT2D eigenvalue weighted by atomic mass is 19.1. The quantitative estimate of drug-likeness (QED) is 0.288. The van der Waals surface area contributed by atoms with Crippen molar-refractivity contribution >= 4 is 17.5 Å². The third-order valence-corrected chi connectivity index (χ3v) is 6.45. The van der Waals surface area contributed by atoms with Crippen LogP contribution in [0, 0.1) is 17.7 Å². The van der Waals surface area contributed by atoms with Crippen LogP contribution in [0.2, 0.25) is 0 Å². The summed E-state index contributed by atoms with van der Waals surface area (Å²) in [7, 11) is 3.65. The highest BCUT2D eigenvalue weighted by Crippen LogP contribution is 2.31. The average Bonchev–Trinajstić information content (AvgIpc) is 3.09. The van der Waals surface area contributed by atoms with Crippen LogP contribution in [-0.4, -0.2) is 73.2 Å². The summed E-state index contributed by atoms with van der Waals surface area (Å²) in [5, 5.41) is 11.6. The molecule has 2 heterocycles. The molecule has 1 atom stereocenters. The number of carbonyl (C=O) groups is 2. The number of aromatic nitrogens is 1. The lowest BCUT2D eigenvalue weighted by Gasteiger charge is -2.20. The van der Waals surface area contributed by atoms with Crippen LogP contribution in [0.25, 0.3) is 0 Å². The van der Waals surface area contributed by atoms with Gasteiger partial charge in [-0.3, -0.25) is 14.6 Å². The standard InChI is InChI=1S/C31H33FN4O5/c1-35(17-6-18-37)16-5-3-4-7-22-8-13-29-28(19-22)36(2)31(39)27(21-40-29)34-30(38)26-20-25(14-15-33-26)41-24-11-9-23(32)10-12-24/h8-15,19-20,27,37H,3,5-6,16-18,21H2,1-2H3,(H,34,38). The normalized spacial score (nSPS) is 14.4. The van der Waals surface area contributed by atoms with E-state index in [1.165, 1.54) is 41.4 Å². The molecule has 41 heavy (non-hydrogen) atoms. The lowest BCUT2D eigenvalue weighted by Crippen LogP contribution is -2.49. The number of aliphatic hydroxyl groups excluding tert-OH is 1. The van der Waals surface area contributed by atoms with Crippen molar-refractivity contribution in [3.05, 3.63) is 77.9 Å². The first-order chi connectivity index (χ1) is 19.8. The predicted octanol–water partition coefficient (Wildman–Crippen LogP) is 3.61. The summed E-state index contributed by atoms with van der Waals surface area (Å²) in [4.78, 5) is 34.0. The molecule has 214 valence electrons. The number of carbonyl (C=O) groups excluding carboxylic acids is 2. The summed E-state index contributed by atoms with van der Waals surface area (Å²) in [6.45, 7) is 1.89. The fraction of sp³-hybridized carbons (Fsp3) is 0.323. The smallest absolute Gasteiger partial charge is 0.270 e. The van der Waals surface area contributed by atoms with Crippen LogP contribution in [0.3, 0.4) is 0 Å². The minimum atomic E-state index is -0.944. The van der Waals surface area contributed by atoms with E-state index in [0.29, 0.717) is 22.9 Å². The minimum absolute atomic E-state index is 0.0531. The summed E-state index contributed by atoms with van der Waals surface area (Å²) >= 11 is 0. The number of ether oxygens (including phenoxy) is 2. The van der Waals surface area contributed by atoms with E-state index in [-0.39, 0.29) is 30.6 Å². The molecule has 2 amide bonds. The lowest BCUT2D eigenvalue weighted by molar-refractivity contribution is -0.120. The van der Waals surface area contributed by atoms with Crippen LogP contribution in [0.15, 0.2) is 60.8 Å². The fourth-order valence-corrected chi connectivity index (χ4v) is 4.20. The van der Waals surface area contributed by atoms with Gasteiger partial charge >= 0.3 is 0 Å². The van der Waals surface area contributed by atoms with Crippen molar-refractivity contribution in [1.29, 1.82) is 0 Å². The van der Waals surface area contributed by atoms with Crippen LogP contribution in [0.1, 0.15) is 35.3 Å². The molecule has 10 heteroatoms. The number of hydrogen-bond donors (Lipinski definition) is 2. The fourth-order valence-electron chi connectivity index (χ4n) is 4.20. The van der Waals surface area contributed by atoms with E-state index in [4.69, 9.17) is 14.6 Å². The third kappa shape index (κ3) is 8.27. The largest absolute Gasteiger partial charge is 0.489 e. The maximum Gasteiger partial charge on any atom is 0.270 e. The molecule has 1 aliphatic heterocycles. The number of nitrogens with one attached hydrogen (secondary N) is 1. The van der Waals surface area contributed by atoms with Gasteiger partial charge in [-0.05, 0) is 75.0 Å². The zero-order valence-corrected chi connectivity index (χ0v) is 23.1. The Hall–Kier alpha value is -4.46. The Balaban J connectivity index is 1.36. The van der Waals surface area contributed by atoms with Gasteiger partial charge in [0, 0.05) is 44.4 Å². The number of halogens is 1. The number of amides is 2. The maximum atomic E-state index is 13.3. The first-order valence-corrected chi connectivity index (χ1v) is 13.4. The highest BCUT2D eigenvalue weighted by Gasteiger charge is 2.31. The number of anilines is 1. The van der Waals surface area contributed by atoms with Crippen LogP contribution in [-0.2, 0) is 4.79 Å².